The first-order valence-electron chi connectivity index (χ1n) is 7.55. The molecule has 1 aromatic carbocycles. The molecule has 1 aromatic heterocycles. The van der Waals surface area contributed by atoms with Crippen LogP contribution < -0.4 is 5.43 Å². The third kappa shape index (κ3) is 3.81. The predicted octanol–water partition coefficient (Wildman–Crippen LogP) is 5.66. The highest BCUT2D eigenvalue weighted by molar-refractivity contribution is 6.38. The lowest BCUT2D eigenvalue weighted by Gasteiger charge is -2.09. The maximum Gasteiger partial charge on any atom is 0.194 e. The van der Waals surface area contributed by atoms with Gasteiger partial charge < -0.3 is 4.98 Å². The van der Waals surface area contributed by atoms with Gasteiger partial charge >= 0.3 is 0 Å². The standard InChI is InChI=1S/C17H21Cl2NO/c1-3-4-5-6-7-8-13-11(2)20-15-10-12(18)9-14(19)16(15)17(13)21/h9-10H,3-8H2,1-2H3,(H,20,21). The van der Waals surface area contributed by atoms with E-state index in [2.05, 4.69) is 11.9 Å². The highest BCUT2D eigenvalue weighted by Crippen LogP contribution is 2.25. The summed E-state index contributed by atoms with van der Waals surface area (Å²) in [5.74, 6) is 0. The molecule has 0 unspecified atom stereocenters. The minimum atomic E-state index is 0.0402. The Bertz CT molecular complexity index is 691. The molecule has 114 valence electrons. The van der Waals surface area contributed by atoms with Gasteiger partial charge in [0.15, 0.2) is 5.43 Å². The molecule has 0 atom stereocenters. The number of aromatic amines is 1. The van der Waals surface area contributed by atoms with Crippen LogP contribution in [0.2, 0.25) is 10.0 Å². The largest absolute Gasteiger partial charge is 0.358 e. The van der Waals surface area contributed by atoms with Crippen molar-refractivity contribution in [3.05, 3.63) is 43.7 Å². The lowest BCUT2D eigenvalue weighted by Crippen LogP contribution is -2.14. The van der Waals surface area contributed by atoms with Gasteiger partial charge in [-0.05, 0) is 31.9 Å². The summed E-state index contributed by atoms with van der Waals surface area (Å²) in [6, 6.07) is 3.38. The molecule has 2 aromatic rings. The zero-order chi connectivity index (χ0) is 15.4. The van der Waals surface area contributed by atoms with Crippen LogP contribution in [-0.4, -0.2) is 4.98 Å². The second-order valence-corrected chi connectivity index (χ2v) is 6.38. The maximum atomic E-state index is 12.7. The number of H-pyrrole nitrogens is 1. The van der Waals surface area contributed by atoms with Gasteiger partial charge in [0.2, 0.25) is 0 Å². The summed E-state index contributed by atoms with van der Waals surface area (Å²) in [6.07, 6.45) is 6.74. The molecule has 0 aliphatic rings. The fourth-order valence-electron chi connectivity index (χ4n) is 2.71. The van der Waals surface area contributed by atoms with Gasteiger partial charge in [-0.1, -0.05) is 55.8 Å². The van der Waals surface area contributed by atoms with Gasteiger partial charge in [0.05, 0.1) is 15.9 Å². The molecule has 2 rings (SSSR count). The number of aromatic nitrogens is 1. The van der Waals surface area contributed by atoms with Crippen LogP contribution in [0.25, 0.3) is 10.9 Å². The first kappa shape index (κ1) is 16.4. The second kappa shape index (κ2) is 7.33. The number of hydrogen-bond acceptors (Lipinski definition) is 1. The molecule has 0 saturated heterocycles. The Balaban J connectivity index is 2.30. The van der Waals surface area contributed by atoms with Gasteiger partial charge in [0.25, 0.3) is 0 Å². The Morgan fingerprint density at radius 2 is 1.81 bits per heavy atom. The van der Waals surface area contributed by atoms with Crippen LogP contribution in [0.5, 0.6) is 0 Å². The number of nitrogens with one attached hydrogen (secondary N) is 1. The van der Waals surface area contributed by atoms with Crippen molar-refractivity contribution < 1.29 is 0 Å². The van der Waals surface area contributed by atoms with Crippen LogP contribution >= 0.6 is 23.2 Å². The third-order valence-electron chi connectivity index (χ3n) is 3.86. The van der Waals surface area contributed by atoms with Gasteiger partial charge in [-0.25, -0.2) is 0 Å². The predicted molar refractivity (Wildman–Crippen MR) is 91.8 cm³/mol. The number of unbranched alkanes of at least 4 members (excludes halogenated alkanes) is 4. The average molecular weight is 326 g/mol. The molecule has 1 N–H and O–H groups in total. The zero-order valence-electron chi connectivity index (χ0n) is 12.6. The second-order valence-electron chi connectivity index (χ2n) is 5.53. The summed E-state index contributed by atoms with van der Waals surface area (Å²) < 4.78 is 0. The van der Waals surface area contributed by atoms with E-state index < -0.39 is 0 Å². The Hall–Kier alpha value is -0.990. The number of benzene rings is 1. The van der Waals surface area contributed by atoms with Crippen LogP contribution in [-0.2, 0) is 6.42 Å². The van der Waals surface area contributed by atoms with Gasteiger partial charge in [-0.3, -0.25) is 4.79 Å². The van der Waals surface area contributed by atoms with E-state index in [0.717, 1.165) is 24.1 Å². The Morgan fingerprint density at radius 1 is 1.10 bits per heavy atom. The normalized spacial score (nSPS) is 11.2. The van der Waals surface area contributed by atoms with E-state index in [9.17, 15) is 4.79 Å². The smallest absolute Gasteiger partial charge is 0.194 e. The highest BCUT2D eigenvalue weighted by Gasteiger charge is 2.12. The van der Waals surface area contributed by atoms with Crippen molar-refractivity contribution >= 4 is 34.1 Å². The SMILES string of the molecule is CCCCCCCc1c(C)[nH]c2cc(Cl)cc(Cl)c2c1=O. The molecule has 2 nitrogen and oxygen atoms in total. The molecule has 0 bridgehead atoms. The Labute approximate surface area is 135 Å². The molecular weight excluding hydrogens is 305 g/mol. The third-order valence-corrected chi connectivity index (χ3v) is 4.38. The molecule has 0 spiro atoms. The molecule has 0 fully saturated rings. The van der Waals surface area contributed by atoms with Gasteiger partial charge in [0, 0.05) is 16.3 Å². The van der Waals surface area contributed by atoms with E-state index in [4.69, 9.17) is 23.2 Å². The molecule has 0 amide bonds. The van der Waals surface area contributed by atoms with Crippen LogP contribution in [0.3, 0.4) is 0 Å². The van der Waals surface area contributed by atoms with Gasteiger partial charge in [-0.2, -0.15) is 0 Å². The molecule has 4 heteroatoms. The van der Waals surface area contributed by atoms with E-state index in [0.29, 0.717) is 20.9 Å². The monoisotopic (exact) mass is 325 g/mol. The van der Waals surface area contributed by atoms with Gasteiger partial charge in [-0.15, -0.1) is 0 Å². The molecule has 0 aliphatic carbocycles. The van der Waals surface area contributed by atoms with Crippen LogP contribution in [0.15, 0.2) is 16.9 Å². The quantitative estimate of drug-likeness (QED) is 0.683. The molecule has 1 heterocycles. The summed E-state index contributed by atoms with van der Waals surface area (Å²) in [4.78, 5) is 15.9. The number of rotatable bonds is 6. The topological polar surface area (TPSA) is 32.9 Å². The maximum absolute atomic E-state index is 12.7. The number of halogens is 2. The van der Waals surface area contributed by atoms with Crippen molar-refractivity contribution in [2.75, 3.05) is 0 Å². The lowest BCUT2D eigenvalue weighted by atomic mass is 10.0. The summed E-state index contributed by atoms with van der Waals surface area (Å²) in [6.45, 7) is 4.14. The molecule has 0 radical (unpaired) electrons. The average Bonchev–Trinajstić information content (AvgIpc) is 2.40. The van der Waals surface area contributed by atoms with Crippen molar-refractivity contribution in [1.29, 1.82) is 0 Å². The molecule has 21 heavy (non-hydrogen) atoms. The van der Waals surface area contributed by atoms with E-state index in [1.807, 2.05) is 6.92 Å². The first-order chi connectivity index (χ1) is 10.0. The summed E-state index contributed by atoms with van der Waals surface area (Å²) in [5.41, 5.74) is 2.52. The first-order valence-corrected chi connectivity index (χ1v) is 8.30. The molecule has 0 aliphatic heterocycles. The lowest BCUT2D eigenvalue weighted by molar-refractivity contribution is 0.630. The summed E-state index contributed by atoms with van der Waals surface area (Å²) in [7, 11) is 0. The van der Waals surface area contributed by atoms with Crippen molar-refractivity contribution in [2.45, 2.75) is 52.4 Å². The number of pyridine rings is 1. The fraction of sp³-hybridized carbons (Fsp3) is 0.471. The van der Waals surface area contributed by atoms with Crippen LogP contribution in [0.4, 0.5) is 0 Å². The van der Waals surface area contributed by atoms with Gasteiger partial charge in [0.1, 0.15) is 0 Å². The Kier molecular flexibility index (Phi) is 5.72. The number of aryl methyl sites for hydroxylation is 1. The number of hydrogen-bond donors (Lipinski definition) is 1. The van der Waals surface area contributed by atoms with Crippen LogP contribution in [0, 0.1) is 6.92 Å². The van der Waals surface area contributed by atoms with Crippen molar-refractivity contribution in [3.63, 3.8) is 0 Å². The minimum absolute atomic E-state index is 0.0402. The highest BCUT2D eigenvalue weighted by atomic mass is 35.5. The fourth-order valence-corrected chi connectivity index (χ4v) is 3.29. The Morgan fingerprint density at radius 3 is 2.52 bits per heavy atom. The molecular formula is C17H21Cl2NO. The van der Waals surface area contributed by atoms with Crippen LogP contribution in [0.1, 0.15) is 50.3 Å². The molecule has 0 saturated carbocycles. The summed E-state index contributed by atoms with van der Waals surface area (Å²) in [5, 5.41) is 1.51. The van der Waals surface area contributed by atoms with Crippen molar-refractivity contribution in [1.82, 2.24) is 4.98 Å². The van der Waals surface area contributed by atoms with E-state index in [-0.39, 0.29) is 5.43 Å². The number of fused-ring (bicyclic) bond motifs is 1. The van der Waals surface area contributed by atoms with Crippen molar-refractivity contribution in [2.24, 2.45) is 0 Å². The van der Waals surface area contributed by atoms with E-state index in [1.165, 1.54) is 25.7 Å². The minimum Gasteiger partial charge on any atom is -0.358 e. The van der Waals surface area contributed by atoms with Crippen molar-refractivity contribution in [3.8, 4) is 0 Å². The summed E-state index contributed by atoms with van der Waals surface area (Å²) >= 11 is 12.2. The van der Waals surface area contributed by atoms with E-state index in [1.54, 1.807) is 12.1 Å². The zero-order valence-corrected chi connectivity index (χ0v) is 14.1. The van der Waals surface area contributed by atoms with E-state index >= 15 is 0 Å².